The second kappa shape index (κ2) is 6.97. The first-order valence-corrected chi connectivity index (χ1v) is 8.84. The van der Waals surface area contributed by atoms with Crippen molar-refractivity contribution < 1.29 is 4.74 Å². The maximum Gasteiger partial charge on any atom is 0.0534 e. The Balaban J connectivity index is 1.49. The van der Waals surface area contributed by atoms with Crippen molar-refractivity contribution in [1.29, 1.82) is 0 Å². The van der Waals surface area contributed by atoms with Gasteiger partial charge in [0.15, 0.2) is 0 Å². The van der Waals surface area contributed by atoms with Gasteiger partial charge >= 0.3 is 0 Å². The van der Waals surface area contributed by atoms with Crippen molar-refractivity contribution >= 4 is 11.8 Å². The van der Waals surface area contributed by atoms with Gasteiger partial charge in [-0.05, 0) is 50.0 Å². The van der Waals surface area contributed by atoms with E-state index in [0.29, 0.717) is 5.41 Å². The third-order valence-electron chi connectivity index (χ3n) is 4.39. The Morgan fingerprint density at radius 3 is 2.80 bits per heavy atom. The maximum atomic E-state index is 5.79. The zero-order valence-corrected chi connectivity index (χ0v) is 13.0. The number of ether oxygens (including phenoxy) is 1. The normalized spacial score (nSPS) is 26.6. The van der Waals surface area contributed by atoms with Crippen LogP contribution in [-0.2, 0) is 4.74 Å². The molecule has 1 heterocycles. The van der Waals surface area contributed by atoms with Crippen LogP contribution in [0.5, 0.6) is 0 Å². The molecule has 0 spiro atoms. The topological polar surface area (TPSA) is 21.3 Å². The predicted octanol–water partition coefficient (Wildman–Crippen LogP) is 3.72. The molecule has 0 bridgehead atoms. The van der Waals surface area contributed by atoms with E-state index in [4.69, 9.17) is 4.74 Å². The summed E-state index contributed by atoms with van der Waals surface area (Å²) in [7, 11) is 0. The molecular formula is C17H25NOS. The Kier molecular flexibility index (Phi) is 5.03. The van der Waals surface area contributed by atoms with Gasteiger partial charge < -0.3 is 10.1 Å². The molecule has 1 unspecified atom stereocenters. The molecule has 20 heavy (non-hydrogen) atoms. The third kappa shape index (κ3) is 4.24. The molecule has 2 fully saturated rings. The number of hydrogen-bond acceptors (Lipinski definition) is 3. The van der Waals surface area contributed by atoms with Crippen LogP contribution in [0.4, 0.5) is 0 Å². The van der Waals surface area contributed by atoms with Gasteiger partial charge in [-0.3, -0.25) is 0 Å². The number of benzene rings is 1. The molecule has 3 heteroatoms. The van der Waals surface area contributed by atoms with Crippen LogP contribution in [0.3, 0.4) is 0 Å². The monoisotopic (exact) mass is 291 g/mol. The van der Waals surface area contributed by atoms with E-state index in [1.165, 1.54) is 42.8 Å². The van der Waals surface area contributed by atoms with Crippen LogP contribution in [0.2, 0.25) is 0 Å². The molecule has 110 valence electrons. The summed E-state index contributed by atoms with van der Waals surface area (Å²) in [5.41, 5.74) is 0.378. The van der Waals surface area contributed by atoms with Crippen LogP contribution in [0.15, 0.2) is 35.2 Å². The van der Waals surface area contributed by atoms with Crippen LogP contribution in [0.1, 0.15) is 32.1 Å². The van der Waals surface area contributed by atoms with Crippen molar-refractivity contribution in [1.82, 2.24) is 5.32 Å². The minimum absolute atomic E-state index is 0.378. The first-order valence-electron chi connectivity index (χ1n) is 7.85. The van der Waals surface area contributed by atoms with E-state index in [1.807, 2.05) is 11.8 Å². The van der Waals surface area contributed by atoms with Gasteiger partial charge in [0.1, 0.15) is 0 Å². The van der Waals surface area contributed by atoms with Crippen molar-refractivity contribution in [3.05, 3.63) is 30.3 Å². The first kappa shape index (κ1) is 14.4. The molecule has 1 aliphatic carbocycles. The molecule has 1 saturated heterocycles. The van der Waals surface area contributed by atoms with Crippen LogP contribution in [-0.4, -0.2) is 31.6 Å². The summed E-state index contributed by atoms with van der Waals surface area (Å²) in [6.45, 7) is 3.05. The van der Waals surface area contributed by atoms with Crippen molar-refractivity contribution in [2.75, 3.05) is 25.5 Å². The van der Waals surface area contributed by atoms with Crippen LogP contribution < -0.4 is 5.32 Å². The average Bonchev–Trinajstić information content (AvgIpc) is 3.32. The number of nitrogens with one attached hydrogen (secondary N) is 1. The lowest BCUT2D eigenvalue weighted by atomic mass is 9.80. The molecule has 1 saturated carbocycles. The Morgan fingerprint density at radius 1 is 1.25 bits per heavy atom. The molecule has 1 aliphatic heterocycles. The highest BCUT2D eigenvalue weighted by molar-refractivity contribution is 7.99. The number of rotatable bonds is 7. The number of hydrogen-bond donors (Lipinski definition) is 1. The lowest BCUT2D eigenvalue weighted by Gasteiger charge is -2.37. The summed E-state index contributed by atoms with van der Waals surface area (Å²) in [4.78, 5) is 1.38. The largest absolute Gasteiger partial charge is 0.381 e. The highest BCUT2D eigenvalue weighted by Gasteiger charge is 2.34. The molecule has 0 amide bonds. The quantitative estimate of drug-likeness (QED) is 0.774. The fourth-order valence-corrected chi connectivity index (χ4v) is 4.01. The van der Waals surface area contributed by atoms with Gasteiger partial charge in [0, 0.05) is 29.5 Å². The minimum atomic E-state index is 0.378. The molecule has 1 aromatic rings. The van der Waals surface area contributed by atoms with Gasteiger partial charge in [0.2, 0.25) is 0 Å². The molecule has 2 aliphatic rings. The van der Waals surface area contributed by atoms with E-state index in [2.05, 4.69) is 35.6 Å². The van der Waals surface area contributed by atoms with Crippen molar-refractivity contribution in [2.45, 2.75) is 43.0 Å². The van der Waals surface area contributed by atoms with Crippen molar-refractivity contribution in [3.63, 3.8) is 0 Å². The highest BCUT2D eigenvalue weighted by Crippen LogP contribution is 2.35. The van der Waals surface area contributed by atoms with E-state index < -0.39 is 0 Å². The molecular weight excluding hydrogens is 266 g/mol. The van der Waals surface area contributed by atoms with Crippen LogP contribution in [0, 0.1) is 5.41 Å². The SMILES string of the molecule is c1ccc(SCCC2(CNC3CC3)CCCOC2)cc1. The van der Waals surface area contributed by atoms with E-state index in [1.54, 1.807) is 0 Å². The smallest absolute Gasteiger partial charge is 0.0534 e. The standard InChI is InChI=1S/C17H25NOS/c1-2-5-16(6-3-1)20-12-10-17(9-4-11-19-14-17)13-18-15-7-8-15/h1-3,5-6,15,18H,4,7-14H2. The molecule has 0 aromatic heterocycles. The molecule has 1 atom stereocenters. The van der Waals surface area contributed by atoms with Crippen LogP contribution >= 0.6 is 11.8 Å². The summed E-state index contributed by atoms with van der Waals surface area (Å²) in [5, 5.41) is 3.73. The van der Waals surface area contributed by atoms with Crippen LogP contribution in [0.25, 0.3) is 0 Å². The Bertz CT molecular complexity index is 399. The highest BCUT2D eigenvalue weighted by atomic mass is 32.2. The summed E-state index contributed by atoms with van der Waals surface area (Å²) in [5.74, 6) is 1.19. The predicted molar refractivity (Wildman–Crippen MR) is 85.3 cm³/mol. The molecule has 1 N–H and O–H groups in total. The molecule has 1 aromatic carbocycles. The third-order valence-corrected chi connectivity index (χ3v) is 5.41. The van der Waals surface area contributed by atoms with Crippen molar-refractivity contribution in [3.8, 4) is 0 Å². The van der Waals surface area contributed by atoms with Gasteiger partial charge in [-0.15, -0.1) is 11.8 Å². The minimum Gasteiger partial charge on any atom is -0.381 e. The number of thioether (sulfide) groups is 1. The summed E-state index contributed by atoms with van der Waals surface area (Å²) >= 11 is 1.98. The summed E-state index contributed by atoms with van der Waals surface area (Å²) < 4.78 is 5.79. The summed E-state index contributed by atoms with van der Waals surface area (Å²) in [6, 6.07) is 11.5. The lowest BCUT2D eigenvalue weighted by molar-refractivity contribution is -0.00892. The van der Waals surface area contributed by atoms with Gasteiger partial charge in [-0.1, -0.05) is 18.2 Å². The zero-order valence-electron chi connectivity index (χ0n) is 12.1. The molecule has 2 nitrogen and oxygen atoms in total. The Morgan fingerprint density at radius 2 is 2.10 bits per heavy atom. The van der Waals surface area contributed by atoms with E-state index in [0.717, 1.165) is 25.8 Å². The Labute approximate surface area is 126 Å². The second-order valence-corrected chi connectivity index (χ2v) is 7.39. The van der Waals surface area contributed by atoms with E-state index in [9.17, 15) is 0 Å². The molecule has 3 rings (SSSR count). The lowest BCUT2D eigenvalue weighted by Crippen LogP contribution is -2.42. The van der Waals surface area contributed by atoms with E-state index in [-0.39, 0.29) is 0 Å². The van der Waals surface area contributed by atoms with Gasteiger partial charge in [-0.25, -0.2) is 0 Å². The summed E-state index contributed by atoms with van der Waals surface area (Å²) in [6.07, 6.45) is 6.54. The van der Waals surface area contributed by atoms with Gasteiger partial charge in [0.05, 0.1) is 6.61 Å². The van der Waals surface area contributed by atoms with Gasteiger partial charge in [-0.2, -0.15) is 0 Å². The molecule has 0 radical (unpaired) electrons. The Hall–Kier alpha value is -0.510. The maximum absolute atomic E-state index is 5.79. The fourth-order valence-electron chi connectivity index (χ4n) is 2.89. The fraction of sp³-hybridized carbons (Fsp3) is 0.647. The van der Waals surface area contributed by atoms with Gasteiger partial charge in [0.25, 0.3) is 0 Å². The van der Waals surface area contributed by atoms with Crippen molar-refractivity contribution in [2.24, 2.45) is 5.41 Å². The van der Waals surface area contributed by atoms with E-state index >= 15 is 0 Å². The zero-order chi connectivity index (χ0) is 13.7. The first-order chi connectivity index (χ1) is 9.86. The second-order valence-electron chi connectivity index (χ2n) is 6.22. The average molecular weight is 291 g/mol.